The number of anilines is 1. The number of rotatable bonds is 10. The van der Waals surface area contributed by atoms with E-state index in [4.69, 9.17) is 11.6 Å². The predicted molar refractivity (Wildman–Crippen MR) is 114 cm³/mol. The van der Waals surface area contributed by atoms with Crippen molar-refractivity contribution in [2.24, 2.45) is 22.2 Å². The lowest BCUT2D eigenvalue weighted by Gasteiger charge is -2.24. The van der Waals surface area contributed by atoms with E-state index in [9.17, 15) is 4.39 Å². The normalized spacial score (nSPS) is 15.9. The van der Waals surface area contributed by atoms with E-state index in [2.05, 4.69) is 43.3 Å². The number of benzene rings is 1. The molecule has 0 aliphatic carbocycles. The average Bonchev–Trinajstić information content (AvgIpc) is 2.64. The maximum atomic E-state index is 14.1. The van der Waals surface area contributed by atoms with Gasteiger partial charge >= 0.3 is 0 Å². The monoisotopic (exact) mass is 396 g/mol. The first-order valence-corrected chi connectivity index (χ1v) is 9.99. The molecule has 0 aliphatic rings. The van der Waals surface area contributed by atoms with Crippen LogP contribution in [0, 0.1) is 17.7 Å². The number of nitrogens with zero attached hydrogens (tertiary/aromatic N) is 3. The zero-order valence-electron chi connectivity index (χ0n) is 17.6. The molecule has 0 heterocycles. The zero-order valence-corrected chi connectivity index (χ0v) is 18.4. The maximum absolute atomic E-state index is 14.1. The third-order valence-electron chi connectivity index (χ3n) is 5.20. The summed E-state index contributed by atoms with van der Waals surface area (Å²) in [6, 6.07) is 4.72. The molecule has 0 fully saturated rings. The number of halogens is 2. The molecule has 4 nitrogen and oxygen atoms in total. The molecular formula is C21H34ClFN4. The smallest absolute Gasteiger partial charge is 0.146 e. The first-order valence-electron chi connectivity index (χ1n) is 9.62. The van der Waals surface area contributed by atoms with Crippen molar-refractivity contribution in [2.45, 2.75) is 60.0 Å². The van der Waals surface area contributed by atoms with Crippen molar-refractivity contribution in [3.8, 4) is 0 Å². The van der Waals surface area contributed by atoms with Gasteiger partial charge < -0.3 is 5.32 Å². The molecule has 1 aromatic carbocycles. The molecule has 6 heteroatoms. The van der Waals surface area contributed by atoms with Crippen molar-refractivity contribution < 1.29 is 4.39 Å². The third-order valence-corrected chi connectivity index (χ3v) is 5.44. The first kappa shape index (κ1) is 23.4. The zero-order chi connectivity index (χ0) is 20.6. The van der Waals surface area contributed by atoms with Crippen LogP contribution in [0.15, 0.2) is 40.2 Å². The molecule has 1 N–H and O–H groups in total. The summed E-state index contributed by atoms with van der Waals surface area (Å²) in [4.78, 5) is 0. The molecular weight excluding hydrogens is 363 g/mol. The number of nitrogens with one attached hydrogen (secondary N) is 1. The number of hydrogen-bond acceptors (Lipinski definition) is 3. The molecule has 2 unspecified atom stereocenters. The molecule has 0 saturated heterocycles. The van der Waals surface area contributed by atoms with E-state index in [1.165, 1.54) is 6.07 Å². The van der Waals surface area contributed by atoms with Crippen LogP contribution < -0.4 is 5.32 Å². The fourth-order valence-corrected chi connectivity index (χ4v) is 2.78. The van der Waals surface area contributed by atoms with Crippen LogP contribution in [0.5, 0.6) is 0 Å². The Balaban J connectivity index is 2.71. The van der Waals surface area contributed by atoms with E-state index in [-0.39, 0.29) is 17.9 Å². The van der Waals surface area contributed by atoms with Gasteiger partial charge in [0.1, 0.15) is 5.82 Å². The van der Waals surface area contributed by atoms with Gasteiger partial charge in [-0.05, 0) is 57.2 Å². The van der Waals surface area contributed by atoms with E-state index in [0.717, 1.165) is 12.0 Å². The first-order chi connectivity index (χ1) is 12.6. The Morgan fingerprint density at radius 2 is 1.96 bits per heavy atom. The van der Waals surface area contributed by atoms with E-state index in [1.807, 2.05) is 32.0 Å². The molecule has 1 rings (SSSR count). The summed E-state index contributed by atoms with van der Waals surface area (Å²) in [6.45, 7) is 13.4. The summed E-state index contributed by atoms with van der Waals surface area (Å²) in [5.74, 6) is 0.744. The Labute approximate surface area is 168 Å². The van der Waals surface area contributed by atoms with E-state index < -0.39 is 0 Å². The predicted octanol–water partition coefficient (Wildman–Crippen LogP) is 6.60. The summed E-state index contributed by atoms with van der Waals surface area (Å²) in [5.41, 5.74) is 1.55. The molecule has 0 bridgehead atoms. The maximum Gasteiger partial charge on any atom is 0.146 e. The molecule has 3 atom stereocenters. The molecule has 0 radical (unpaired) electrons. The molecule has 0 spiro atoms. The molecule has 0 saturated carbocycles. The Morgan fingerprint density at radius 3 is 2.56 bits per heavy atom. The number of hydrogen-bond donors (Lipinski definition) is 1. The molecule has 0 aromatic heterocycles. The standard InChI is InChI=1S/C21H34ClFN4/c1-8-15(4)20(24-21-13-18(22)9-10-19(21)23)11-12-27(7)26-25-17(6)16(5)14(2)3/h8-10,13-14,16-17,20,24H,11-12H2,1-7H3/b15-8+,26-25?/t16?,17-,20?/m0/s1. The minimum absolute atomic E-state index is 0.00683. The Hall–Kier alpha value is -1.62. The second-order valence-electron chi connectivity index (χ2n) is 7.57. The highest BCUT2D eigenvalue weighted by atomic mass is 35.5. The van der Waals surface area contributed by atoms with Crippen LogP contribution in [-0.2, 0) is 0 Å². The van der Waals surface area contributed by atoms with Gasteiger partial charge in [0.2, 0.25) is 0 Å². The SMILES string of the molecule is C/C=C(\C)C(CCN(C)N=N[C@@H](C)C(C)C(C)C)Nc1cc(Cl)ccc1F. The Bertz CT molecular complexity index is 645. The highest BCUT2D eigenvalue weighted by Crippen LogP contribution is 2.23. The highest BCUT2D eigenvalue weighted by Gasteiger charge is 2.16. The van der Waals surface area contributed by atoms with Crippen LogP contribution in [-0.4, -0.2) is 30.7 Å². The van der Waals surface area contributed by atoms with Gasteiger partial charge in [-0.3, -0.25) is 5.01 Å². The van der Waals surface area contributed by atoms with Gasteiger partial charge in [-0.1, -0.05) is 49.2 Å². The van der Waals surface area contributed by atoms with Crippen molar-refractivity contribution >= 4 is 17.3 Å². The third kappa shape index (κ3) is 7.87. The van der Waals surface area contributed by atoms with Crippen LogP contribution in [0.1, 0.15) is 48.0 Å². The average molecular weight is 397 g/mol. The fraction of sp³-hybridized carbons (Fsp3) is 0.619. The van der Waals surface area contributed by atoms with Gasteiger partial charge in [-0.15, -0.1) is 0 Å². The summed E-state index contributed by atoms with van der Waals surface area (Å²) in [5, 5.41) is 14.4. The lowest BCUT2D eigenvalue weighted by Crippen LogP contribution is -2.27. The van der Waals surface area contributed by atoms with Gasteiger partial charge in [0.25, 0.3) is 0 Å². The van der Waals surface area contributed by atoms with Gasteiger partial charge in [0.05, 0.1) is 11.7 Å². The second kappa shape index (κ2) is 11.3. The molecule has 0 aliphatic heterocycles. The minimum atomic E-state index is -0.308. The van der Waals surface area contributed by atoms with Crippen molar-refractivity contribution in [2.75, 3.05) is 18.9 Å². The summed E-state index contributed by atoms with van der Waals surface area (Å²) < 4.78 is 14.1. The van der Waals surface area contributed by atoms with Crippen LogP contribution in [0.2, 0.25) is 5.02 Å². The van der Waals surface area contributed by atoms with Gasteiger partial charge in [-0.25, -0.2) is 4.39 Å². The van der Waals surface area contributed by atoms with Crippen LogP contribution >= 0.6 is 11.6 Å². The van der Waals surface area contributed by atoms with E-state index in [1.54, 1.807) is 12.1 Å². The van der Waals surface area contributed by atoms with E-state index in [0.29, 0.717) is 29.1 Å². The van der Waals surface area contributed by atoms with E-state index >= 15 is 0 Å². The lowest BCUT2D eigenvalue weighted by atomic mass is 9.92. The van der Waals surface area contributed by atoms with Crippen molar-refractivity contribution in [3.05, 3.63) is 40.7 Å². The second-order valence-corrected chi connectivity index (χ2v) is 8.01. The Kier molecular flexibility index (Phi) is 9.78. The summed E-state index contributed by atoms with van der Waals surface area (Å²) in [7, 11) is 1.91. The van der Waals surface area contributed by atoms with Crippen LogP contribution in [0.3, 0.4) is 0 Å². The minimum Gasteiger partial charge on any atom is -0.376 e. The fourth-order valence-electron chi connectivity index (χ4n) is 2.60. The van der Waals surface area contributed by atoms with Crippen LogP contribution in [0.25, 0.3) is 0 Å². The van der Waals surface area contributed by atoms with Crippen molar-refractivity contribution in [1.82, 2.24) is 5.01 Å². The lowest BCUT2D eigenvalue weighted by molar-refractivity contribution is 0.286. The molecule has 27 heavy (non-hydrogen) atoms. The topological polar surface area (TPSA) is 40.0 Å². The molecule has 152 valence electrons. The summed E-state index contributed by atoms with van der Waals surface area (Å²) in [6.07, 6.45) is 2.81. The Morgan fingerprint density at radius 1 is 1.30 bits per heavy atom. The van der Waals surface area contributed by atoms with Crippen molar-refractivity contribution in [3.63, 3.8) is 0 Å². The number of allylic oxidation sites excluding steroid dienone is 1. The van der Waals surface area contributed by atoms with Gasteiger partial charge in [-0.2, -0.15) is 5.11 Å². The molecule has 1 aromatic rings. The largest absolute Gasteiger partial charge is 0.376 e. The summed E-state index contributed by atoms with van der Waals surface area (Å²) >= 11 is 6.00. The van der Waals surface area contributed by atoms with Gasteiger partial charge in [0.15, 0.2) is 0 Å². The quantitative estimate of drug-likeness (QED) is 0.275. The molecule has 0 amide bonds. The highest BCUT2D eigenvalue weighted by molar-refractivity contribution is 6.30. The van der Waals surface area contributed by atoms with Crippen LogP contribution in [0.4, 0.5) is 10.1 Å². The van der Waals surface area contributed by atoms with Gasteiger partial charge in [0, 0.05) is 24.7 Å². The van der Waals surface area contributed by atoms with Crippen molar-refractivity contribution in [1.29, 1.82) is 0 Å².